The van der Waals surface area contributed by atoms with Crippen LogP contribution in [0.15, 0.2) is 22.8 Å². The molecule has 0 aliphatic carbocycles. The van der Waals surface area contributed by atoms with Gasteiger partial charge in [-0.3, -0.25) is 14.5 Å². The fourth-order valence-corrected chi connectivity index (χ4v) is 2.69. The fraction of sp³-hybridized carbons (Fsp3) is 0.647. The molecular weight excluding hydrogens is 294 g/mol. The van der Waals surface area contributed by atoms with Crippen LogP contribution in [0.25, 0.3) is 0 Å². The molecule has 0 unspecified atom stereocenters. The van der Waals surface area contributed by atoms with Gasteiger partial charge in [-0.1, -0.05) is 0 Å². The molecule has 2 N–H and O–H groups in total. The molecule has 0 aromatic carbocycles. The molecule has 23 heavy (non-hydrogen) atoms. The quantitative estimate of drug-likeness (QED) is 0.825. The molecule has 1 aromatic rings. The van der Waals surface area contributed by atoms with E-state index in [2.05, 4.69) is 15.5 Å². The lowest BCUT2D eigenvalue weighted by atomic mass is 9.96. The third kappa shape index (κ3) is 6.06. The Morgan fingerprint density at radius 2 is 1.96 bits per heavy atom. The summed E-state index contributed by atoms with van der Waals surface area (Å²) in [6.45, 7) is 8.92. The topological polar surface area (TPSA) is 74.6 Å². The number of piperidine rings is 1. The Kier molecular flexibility index (Phi) is 5.82. The highest BCUT2D eigenvalue weighted by molar-refractivity contribution is 6.35. The van der Waals surface area contributed by atoms with E-state index in [1.54, 1.807) is 6.26 Å². The normalized spacial score (nSPS) is 17.0. The van der Waals surface area contributed by atoms with Gasteiger partial charge in [-0.15, -0.1) is 0 Å². The maximum absolute atomic E-state index is 11.8. The number of carbonyl (C=O) groups excluding carboxylic acids is 2. The van der Waals surface area contributed by atoms with Crippen molar-refractivity contribution in [1.82, 2.24) is 15.5 Å². The molecule has 2 heterocycles. The second kappa shape index (κ2) is 7.64. The Morgan fingerprint density at radius 1 is 1.26 bits per heavy atom. The van der Waals surface area contributed by atoms with Crippen molar-refractivity contribution in [2.24, 2.45) is 5.92 Å². The fourth-order valence-electron chi connectivity index (χ4n) is 2.69. The third-order valence-electron chi connectivity index (χ3n) is 3.91. The minimum atomic E-state index is -0.562. The Balaban J connectivity index is 1.66. The number of nitrogens with zero attached hydrogens (tertiary/aromatic N) is 1. The van der Waals surface area contributed by atoms with Gasteiger partial charge in [0.05, 0.1) is 12.8 Å². The zero-order valence-corrected chi connectivity index (χ0v) is 14.2. The molecule has 6 heteroatoms. The molecule has 0 radical (unpaired) electrons. The van der Waals surface area contributed by atoms with E-state index in [0.717, 1.165) is 38.2 Å². The van der Waals surface area contributed by atoms with E-state index >= 15 is 0 Å². The lowest BCUT2D eigenvalue weighted by Gasteiger charge is -2.31. The highest BCUT2D eigenvalue weighted by Crippen LogP contribution is 2.18. The second-order valence-corrected chi connectivity index (χ2v) is 7.21. The van der Waals surface area contributed by atoms with Crippen molar-refractivity contribution < 1.29 is 14.0 Å². The van der Waals surface area contributed by atoms with Crippen molar-refractivity contribution in [3.8, 4) is 0 Å². The number of amides is 2. The molecule has 1 fully saturated rings. The van der Waals surface area contributed by atoms with Gasteiger partial charge in [0.15, 0.2) is 0 Å². The summed E-state index contributed by atoms with van der Waals surface area (Å²) in [5.74, 6) is 0.301. The number of hydrogen-bond acceptors (Lipinski definition) is 4. The summed E-state index contributed by atoms with van der Waals surface area (Å²) in [4.78, 5) is 25.9. The van der Waals surface area contributed by atoms with Crippen LogP contribution in [0.3, 0.4) is 0 Å². The predicted octanol–water partition coefficient (Wildman–Crippen LogP) is 1.52. The van der Waals surface area contributed by atoms with E-state index in [-0.39, 0.29) is 0 Å². The van der Waals surface area contributed by atoms with E-state index in [0.29, 0.717) is 12.5 Å². The second-order valence-electron chi connectivity index (χ2n) is 7.21. The molecule has 0 bridgehead atoms. The molecule has 0 saturated carbocycles. The summed E-state index contributed by atoms with van der Waals surface area (Å²) >= 11 is 0. The number of nitrogens with one attached hydrogen (secondary N) is 2. The van der Waals surface area contributed by atoms with Crippen molar-refractivity contribution >= 4 is 11.8 Å². The van der Waals surface area contributed by atoms with Crippen LogP contribution in [0.1, 0.15) is 39.4 Å². The smallest absolute Gasteiger partial charge is 0.309 e. The first kappa shape index (κ1) is 17.5. The van der Waals surface area contributed by atoms with E-state index in [4.69, 9.17) is 4.42 Å². The van der Waals surface area contributed by atoms with Gasteiger partial charge >= 0.3 is 11.8 Å². The van der Waals surface area contributed by atoms with E-state index < -0.39 is 17.4 Å². The summed E-state index contributed by atoms with van der Waals surface area (Å²) in [5, 5.41) is 5.42. The lowest BCUT2D eigenvalue weighted by Crippen LogP contribution is -2.49. The maximum atomic E-state index is 11.8. The number of hydrogen-bond donors (Lipinski definition) is 2. The van der Waals surface area contributed by atoms with Crippen LogP contribution >= 0.6 is 0 Å². The maximum Gasteiger partial charge on any atom is 0.309 e. The van der Waals surface area contributed by atoms with Gasteiger partial charge in [0.2, 0.25) is 0 Å². The molecule has 128 valence electrons. The minimum absolute atomic E-state index is 0.397. The van der Waals surface area contributed by atoms with Gasteiger partial charge in [-0.2, -0.15) is 0 Å². The summed E-state index contributed by atoms with van der Waals surface area (Å²) in [7, 11) is 0. The van der Waals surface area contributed by atoms with Crippen LogP contribution in [0, 0.1) is 5.92 Å². The van der Waals surface area contributed by atoms with Crippen molar-refractivity contribution in [2.45, 2.75) is 45.7 Å². The van der Waals surface area contributed by atoms with Crippen LogP contribution in [-0.2, 0) is 16.1 Å². The summed E-state index contributed by atoms with van der Waals surface area (Å²) < 4.78 is 5.37. The number of furan rings is 1. The zero-order chi connectivity index (χ0) is 16.9. The first-order valence-corrected chi connectivity index (χ1v) is 8.18. The standard InChI is InChI=1S/C17H27N3O3/c1-17(2,3)19-16(22)15(21)18-11-13-6-8-20(9-7-13)12-14-5-4-10-23-14/h4-5,10,13H,6-9,11-12H2,1-3H3,(H,18,21)(H,19,22). The van der Waals surface area contributed by atoms with Crippen LogP contribution < -0.4 is 10.6 Å². The van der Waals surface area contributed by atoms with E-state index in [9.17, 15) is 9.59 Å². The number of rotatable bonds is 4. The van der Waals surface area contributed by atoms with Gasteiger partial charge in [0, 0.05) is 12.1 Å². The van der Waals surface area contributed by atoms with E-state index in [1.807, 2.05) is 32.9 Å². The van der Waals surface area contributed by atoms with Crippen molar-refractivity contribution in [3.63, 3.8) is 0 Å². The molecule has 1 aromatic heterocycles. The monoisotopic (exact) mass is 321 g/mol. The molecule has 0 atom stereocenters. The van der Waals surface area contributed by atoms with E-state index in [1.165, 1.54) is 0 Å². The predicted molar refractivity (Wildman–Crippen MR) is 87.6 cm³/mol. The lowest BCUT2D eigenvalue weighted by molar-refractivity contribution is -0.140. The first-order valence-electron chi connectivity index (χ1n) is 8.18. The molecule has 1 aliphatic heterocycles. The molecule has 0 spiro atoms. The Labute approximate surface area is 137 Å². The van der Waals surface area contributed by atoms with Crippen molar-refractivity contribution in [2.75, 3.05) is 19.6 Å². The third-order valence-corrected chi connectivity index (χ3v) is 3.91. The summed E-state index contributed by atoms with van der Waals surface area (Å²) in [5.41, 5.74) is -0.397. The van der Waals surface area contributed by atoms with Crippen LogP contribution in [0.2, 0.25) is 0 Å². The summed E-state index contributed by atoms with van der Waals surface area (Å²) in [6.07, 6.45) is 3.73. The number of likely N-dealkylation sites (tertiary alicyclic amines) is 1. The Bertz CT molecular complexity index is 512. The zero-order valence-electron chi connectivity index (χ0n) is 14.2. The Hall–Kier alpha value is -1.82. The average molecular weight is 321 g/mol. The largest absolute Gasteiger partial charge is 0.468 e. The molecule has 2 rings (SSSR count). The first-order chi connectivity index (χ1) is 10.8. The SMILES string of the molecule is CC(C)(C)NC(=O)C(=O)NCC1CCN(Cc2ccco2)CC1. The Morgan fingerprint density at radius 3 is 2.52 bits per heavy atom. The van der Waals surface area contributed by atoms with Crippen molar-refractivity contribution in [3.05, 3.63) is 24.2 Å². The average Bonchev–Trinajstić information content (AvgIpc) is 2.97. The highest BCUT2D eigenvalue weighted by atomic mass is 16.3. The van der Waals surface area contributed by atoms with Gasteiger partial charge in [-0.25, -0.2) is 0 Å². The molecule has 6 nitrogen and oxygen atoms in total. The number of carbonyl (C=O) groups is 2. The molecular formula is C17H27N3O3. The van der Waals surface area contributed by atoms with Gasteiger partial charge < -0.3 is 15.1 Å². The van der Waals surface area contributed by atoms with Gasteiger partial charge in [-0.05, 0) is 64.8 Å². The molecule has 1 saturated heterocycles. The van der Waals surface area contributed by atoms with Crippen LogP contribution in [0.5, 0.6) is 0 Å². The minimum Gasteiger partial charge on any atom is -0.468 e. The molecule has 2 amide bonds. The van der Waals surface area contributed by atoms with Crippen LogP contribution in [-0.4, -0.2) is 41.9 Å². The van der Waals surface area contributed by atoms with Gasteiger partial charge in [0.25, 0.3) is 0 Å². The molecule has 1 aliphatic rings. The van der Waals surface area contributed by atoms with Crippen molar-refractivity contribution in [1.29, 1.82) is 0 Å². The van der Waals surface area contributed by atoms with Gasteiger partial charge in [0.1, 0.15) is 5.76 Å². The highest BCUT2D eigenvalue weighted by Gasteiger charge is 2.23. The summed E-state index contributed by atoms with van der Waals surface area (Å²) in [6, 6.07) is 3.89. The van der Waals surface area contributed by atoms with Crippen LogP contribution in [0.4, 0.5) is 0 Å².